The van der Waals surface area contributed by atoms with Crippen LogP contribution in [0.3, 0.4) is 0 Å². The Morgan fingerprint density at radius 3 is 2.19 bits per heavy atom. The molecule has 2 aromatic carbocycles. The molecule has 0 saturated heterocycles. The van der Waals surface area contributed by atoms with Gasteiger partial charge in [-0.15, -0.1) is 0 Å². The Labute approximate surface area is 157 Å². The lowest BCUT2D eigenvalue weighted by Crippen LogP contribution is -2.45. The Morgan fingerprint density at radius 2 is 1.63 bits per heavy atom. The van der Waals surface area contributed by atoms with E-state index in [1.165, 1.54) is 0 Å². The Balaban J connectivity index is 1.63. The fraction of sp³-hybridized carbons (Fsp3) is 0.286. The highest BCUT2D eigenvalue weighted by atomic mass is 16.4. The summed E-state index contributed by atoms with van der Waals surface area (Å²) in [5.74, 6) is -1.33. The highest BCUT2D eigenvalue weighted by Crippen LogP contribution is 2.44. The van der Waals surface area contributed by atoms with Crippen LogP contribution in [0.5, 0.6) is 0 Å². The topological polar surface area (TPSA) is 95.5 Å². The lowest BCUT2D eigenvalue weighted by Gasteiger charge is -2.40. The van der Waals surface area contributed by atoms with Crippen molar-refractivity contribution in [1.82, 2.24) is 5.32 Å². The molecule has 0 unspecified atom stereocenters. The minimum atomic E-state index is -0.961. The molecule has 0 heterocycles. The van der Waals surface area contributed by atoms with Gasteiger partial charge < -0.3 is 15.7 Å². The van der Waals surface area contributed by atoms with Crippen LogP contribution in [0.15, 0.2) is 54.6 Å². The molecular weight excluding hydrogens is 344 g/mol. The fourth-order valence-corrected chi connectivity index (χ4v) is 3.28. The largest absolute Gasteiger partial charge is 0.481 e. The number of carboxylic acids is 1. The molecule has 2 aromatic rings. The van der Waals surface area contributed by atoms with E-state index in [0.717, 1.165) is 24.8 Å². The fourth-order valence-electron chi connectivity index (χ4n) is 3.28. The molecule has 0 aliphatic heterocycles. The Morgan fingerprint density at radius 1 is 0.963 bits per heavy atom. The van der Waals surface area contributed by atoms with Crippen molar-refractivity contribution in [2.24, 2.45) is 0 Å². The van der Waals surface area contributed by atoms with Crippen molar-refractivity contribution >= 4 is 23.5 Å². The molecule has 6 heteroatoms. The number of anilines is 1. The number of nitrogens with one attached hydrogen (secondary N) is 2. The number of carbonyl (C=O) groups excluding carboxylic acids is 2. The van der Waals surface area contributed by atoms with Crippen molar-refractivity contribution < 1.29 is 19.5 Å². The smallest absolute Gasteiger partial charge is 0.305 e. The van der Waals surface area contributed by atoms with Gasteiger partial charge in [0.1, 0.15) is 0 Å². The molecule has 0 radical (unpaired) electrons. The molecule has 0 spiro atoms. The van der Waals surface area contributed by atoms with Gasteiger partial charge in [-0.05, 0) is 42.7 Å². The van der Waals surface area contributed by atoms with Gasteiger partial charge in [0.25, 0.3) is 5.91 Å². The summed E-state index contributed by atoms with van der Waals surface area (Å²) < 4.78 is 0. The first-order valence-electron chi connectivity index (χ1n) is 8.98. The minimum absolute atomic E-state index is 0.0291. The predicted molar refractivity (Wildman–Crippen MR) is 102 cm³/mol. The van der Waals surface area contributed by atoms with E-state index >= 15 is 0 Å². The zero-order chi connectivity index (χ0) is 19.3. The van der Waals surface area contributed by atoms with Crippen molar-refractivity contribution in [3.63, 3.8) is 0 Å². The SMILES string of the molecule is O=C(O)CCNC(=O)c1ccc(NC(=O)C2(c3ccccc3)CCC2)cc1. The number of hydrogen-bond acceptors (Lipinski definition) is 3. The molecule has 1 saturated carbocycles. The maximum atomic E-state index is 12.9. The Hall–Kier alpha value is -3.15. The lowest BCUT2D eigenvalue weighted by molar-refractivity contribution is -0.136. The van der Waals surface area contributed by atoms with Crippen LogP contribution in [-0.4, -0.2) is 29.4 Å². The summed E-state index contributed by atoms with van der Waals surface area (Å²) in [4.78, 5) is 35.3. The number of rotatable bonds is 7. The minimum Gasteiger partial charge on any atom is -0.481 e. The van der Waals surface area contributed by atoms with Crippen LogP contribution in [0, 0.1) is 0 Å². The standard InChI is InChI=1S/C21H22N2O4/c24-18(25)11-14-22-19(26)15-7-9-17(10-8-15)23-20(27)21(12-4-13-21)16-5-2-1-3-6-16/h1-3,5-10H,4,11-14H2,(H,22,26)(H,23,27)(H,24,25). The first-order chi connectivity index (χ1) is 13.0. The van der Waals surface area contributed by atoms with Crippen LogP contribution in [0.25, 0.3) is 0 Å². The number of carbonyl (C=O) groups is 3. The van der Waals surface area contributed by atoms with Crippen LogP contribution in [0.1, 0.15) is 41.6 Å². The molecular formula is C21H22N2O4. The van der Waals surface area contributed by atoms with Crippen LogP contribution in [0.2, 0.25) is 0 Å². The zero-order valence-corrected chi connectivity index (χ0v) is 14.9. The second-order valence-corrected chi connectivity index (χ2v) is 6.73. The van der Waals surface area contributed by atoms with Crippen LogP contribution < -0.4 is 10.6 Å². The Bertz CT molecular complexity index is 827. The number of carboxylic acid groups (broad SMARTS) is 1. The first kappa shape index (κ1) is 18.6. The molecule has 1 fully saturated rings. The molecule has 3 rings (SSSR count). The number of benzene rings is 2. The van der Waals surface area contributed by atoms with E-state index in [0.29, 0.717) is 11.3 Å². The summed E-state index contributed by atoms with van der Waals surface area (Å²) in [6, 6.07) is 16.4. The summed E-state index contributed by atoms with van der Waals surface area (Å²) in [6.45, 7) is 0.0756. The third-order valence-electron chi connectivity index (χ3n) is 5.00. The van der Waals surface area contributed by atoms with Gasteiger partial charge >= 0.3 is 5.97 Å². The van der Waals surface area contributed by atoms with Crippen molar-refractivity contribution in [1.29, 1.82) is 0 Å². The molecule has 140 valence electrons. The average molecular weight is 366 g/mol. The molecule has 2 amide bonds. The van der Waals surface area contributed by atoms with Crippen LogP contribution >= 0.6 is 0 Å². The van der Waals surface area contributed by atoms with Gasteiger partial charge in [0, 0.05) is 17.8 Å². The highest BCUT2D eigenvalue weighted by molar-refractivity contribution is 6.00. The predicted octanol–water partition coefficient (Wildman–Crippen LogP) is 2.95. The summed E-state index contributed by atoms with van der Waals surface area (Å²) in [6.07, 6.45) is 2.55. The van der Waals surface area contributed by atoms with Gasteiger partial charge in [-0.2, -0.15) is 0 Å². The molecule has 1 aliphatic rings. The van der Waals surface area contributed by atoms with Gasteiger partial charge in [0.15, 0.2) is 0 Å². The van der Waals surface area contributed by atoms with E-state index in [4.69, 9.17) is 5.11 Å². The zero-order valence-electron chi connectivity index (χ0n) is 14.9. The van der Waals surface area contributed by atoms with Gasteiger partial charge in [0.05, 0.1) is 11.8 Å². The number of aliphatic carboxylic acids is 1. The van der Waals surface area contributed by atoms with Crippen molar-refractivity contribution in [3.8, 4) is 0 Å². The quantitative estimate of drug-likeness (QED) is 0.702. The van der Waals surface area contributed by atoms with Gasteiger partial charge in [-0.3, -0.25) is 14.4 Å². The third-order valence-corrected chi connectivity index (χ3v) is 5.00. The van der Waals surface area contributed by atoms with Crippen LogP contribution in [0.4, 0.5) is 5.69 Å². The van der Waals surface area contributed by atoms with E-state index in [2.05, 4.69) is 10.6 Å². The van der Waals surface area contributed by atoms with E-state index in [1.807, 2.05) is 30.3 Å². The van der Waals surface area contributed by atoms with Gasteiger partial charge in [0.2, 0.25) is 5.91 Å². The van der Waals surface area contributed by atoms with Gasteiger partial charge in [-0.1, -0.05) is 36.8 Å². The second-order valence-electron chi connectivity index (χ2n) is 6.73. The molecule has 0 bridgehead atoms. The van der Waals surface area contributed by atoms with Gasteiger partial charge in [-0.25, -0.2) is 0 Å². The molecule has 3 N–H and O–H groups in total. The third kappa shape index (κ3) is 4.16. The highest BCUT2D eigenvalue weighted by Gasteiger charge is 2.45. The summed E-state index contributed by atoms with van der Waals surface area (Å²) in [5.41, 5.74) is 1.60. The first-order valence-corrected chi connectivity index (χ1v) is 8.98. The molecule has 0 aromatic heterocycles. The second kappa shape index (κ2) is 8.03. The molecule has 1 aliphatic carbocycles. The van der Waals surface area contributed by atoms with E-state index in [1.54, 1.807) is 24.3 Å². The van der Waals surface area contributed by atoms with Crippen molar-refractivity contribution in [2.45, 2.75) is 31.1 Å². The van der Waals surface area contributed by atoms with E-state index in [9.17, 15) is 14.4 Å². The monoisotopic (exact) mass is 366 g/mol. The normalized spacial score (nSPS) is 14.7. The summed E-state index contributed by atoms with van der Waals surface area (Å²) in [5, 5.41) is 14.1. The molecule has 6 nitrogen and oxygen atoms in total. The van der Waals surface area contributed by atoms with E-state index in [-0.39, 0.29) is 24.8 Å². The number of amides is 2. The van der Waals surface area contributed by atoms with E-state index < -0.39 is 11.4 Å². The number of hydrogen-bond donors (Lipinski definition) is 3. The summed E-state index contributed by atoms with van der Waals surface area (Å²) in [7, 11) is 0. The maximum Gasteiger partial charge on any atom is 0.305 e. The van der Waals surface area contributed by atoms with Crippen LogP contribution in [-0.2, 0) is 15.0 Å². The summed E-state index contributed by atoms with van der Waals surface area (Å²) >= 11 is 0. The Kier molecular flexibility index (Phi) is 5.54. The van der Waals surface area contributed by atoms with Crippen molar-refractivity contribution in [2.75, 3.05) is 11.9 Å². The molecule has 0 atom stereocenters. The molecule has 27 heavy (non-hydrogen) atoms. The van der Waals surface area contributed by atoms with Crippen molar-refractivity contribution in [3.05, 3.63) is 65.7 Å². The maximum absolute atomic E-state index is 12.9. The average Bonchev–Trinajstić information content (AvgIpc) is 2.62. The lowest BCUT2D eigenvalue weighted by atomic mass is 9.64.